The lowest BCUT2D eigenvalue weighted by atomic mass is 9.95. The van der Waals surface area contributed by atoms with Gasteiger partial charge in [-0.05, 0) is 54.7 Å². The predicted octanol–water partition coefficient (Wildman–Crippen LogP) is 3.21. The smallest absolute Gasteiger partial charge is 0.244 e. The summed E-state index contributed by atoms with van der Waals surface area (Å²) in [6, 6.07) is 13.4. The molecular weight excluding hydrogens is 400 g/mol. The highest BCUT2D eigenvalue weighted by Gasteiger charge is 2.41. The van der Waals surface area contributed by atoms with E-state index in [9.17, 15) is 13.2 Å². The molecule has 0 bridgehead atoms. The molecule has 0 aliphatic carbocycles. The number of carbonyl (C=O) groups excluding carboxylic acids is 1. The summed E-state index contributed by atoms with van der Waals surface area (Å²) < 4.78 is 33.7. The number of sulfonamides is 1. The summed E-state index contributed by atoms with van der Waals surface area (Å²) >= 11 is 0. The summed E-state index contributed by atoms with van der Waals surface area (Å²) in [5, 5.41) is 0. The second kappa shape index (κ2) is 8.78. The van der Waals surface area contributed by atoms with E-state index in [2.05, 4.69) is 0 Å². The fourth-order valence-electron chi connectivity index (χ4n) is 4.35. The van der Waals surface area contributed by atoms with Gasteiger partial charge in [-0.25, -0.2) is 8.42 Å². The van der Waals surface area contributed by atoms with E-state index in [1.165, 1.54) is 4.31 Å². The molecule has 0 spiro atoms. The van der Waals surface area contributed by atoms with E-state index < -0.39 is 16.1 Å². The Hall–Kier alpha value is -2.38. The van der Waals surface area contributed by atoms with Crippen LogP contribution in [0.1, 0.15) is 36.8 Å². The summed E-state index contributed by atoms with van der Waals surface area (Å²) in [4.78, 5) is 15.5. The van der Waals surface area contributed by atoms with E-state index in [0.29, 0.717) is 25.3 Å². The van der Waals surface area contributed by atoms with Crippen LogP contribution in [0.25, 0.3) is 0 Å². The Kier molecular flexibility index (Phi) is 6.11. The predicted molar refractivity (Wildman–Crippen MR) is 115 cm³/mol. The normalized spacial score (nSPS) is 20.3. The van der Waals surface area contributed by atoms with Crippen LogP contribution in [0.15, 0.2) is 53.4 Å². The van der Waals surface area contributed by atoms with Gasteiger partial charge in [0.15, 0.2) is 0 Å². The number of rotatable bonds is 4. The molecule has 30 heavy (non-hydrogen) atoms. The van der Waals surface area contributed by atoms with Gasteiger partial charge in [0.2, 0.25) is 15.9 Å². The highest BCUT2D eigenvalue weighted by atomic mass is 32.2. The molecule has 2 aromatic carbocycles. The molecule has 0 radical (unpaired) electrons. The van der Waals surface area contributed by atoms with Crippen LogP contribution >= 0.6 is 0 Å². The number of hydrogen-bond acceptors (Lipinski definition) is 4. The Morgan fingerprint density at radius 1 is 0.933 bits per heavy atom. The zero-order valence-corrected chi connectivity index (χ0v) is 18.1. The first-order valence-corrected chi connectivity index (χ1v) is 12.0. The molecule has 2 aliphatic rings. The van der Waals surface area contributed by atoms with Gasteiger partial charge in [-0.1, -0.05) is 37.1 Å². The van der Waals surface area contributed by atoms with Crippen LogP contribution in [-0.2, 0) is 27.8 Å². The largest absolute Gasteiger partial charge is 0.497 e. The molecule has 0 saturated carbocycles. The molecule has 6 nitrogen and oxygen atoms in total. The van der Waals surface area contributed by atoms with E-state index in [4.69, 9.17) is 4.74 Å². The van der Waals surface area contributed by atoms with Crippen molar-refractivity contribution >= 4 is 15.9 Å². The zero-order valence-electron chi connectivity index (χ0n) is 17.3. The highest BCUT2D eigenvalue weighted by molar-refractivity contribution is 7.89. The molecule has 2 aliphatic heterocycles. The lowest BCUT2D eigenvalue weighted by Gasteiger charge is -2.37. The van der Waals surface area contributed by atoms with Crippen molar-refractivity contribution < 1.29 is 17.9 Å². The number of ether oxygens (including phenoxy) is 1. The average Bonchev–Trinajstić information content (AvgIpc) is 3.07. The Morgan fingerprint density at radius 2 is 1.57 bits per heavy atom. The van der Waals surface area contributed by atoms with Crippen LogP contribution in [-0.4, -0.2) is 49.8 Å². The Bertz CT molecular complexity index is 996. The van der Waals surface area contributed by atoms with Crippen molar-refractivity contribution in [2.24, 2.45) is 0 Å². The lowest BCUT2D eigenvalue weighted by Crippen LogP contribution is -2.53. The summed E-state index contributed by atoms with van der Waals surface area (Å²) in [7, 11) is -2.30. The third-order valence-corrected chi connectivity index (χ3v) is 7.94. The maximum Gasteiger partial charge on any atom is 0.244 e. The fourth-order valence-corrected chi connectivity index (χ4v) is 5.91. The molecule has 1 fully saturated rings. The molecule has 160 valence electrons. The van der Waals surface area contributed by atoms with Crippen LogP contribution in [0, 0.1) is 0 Å². The number of hydrogen-bond donors (Lipinski definition) is 0. The fraction of sp³-hybridized carbons (Fsp3) is 0.435. The first-order valence-electron chi connectivity index (χ1n) is 10.5. The van der Waals surface area contributed by atoms with Gasteiger partial charge in [-0.3, -0.25) is 4.79 Å². The molecular formula is C23H28N2O4S. The van der Waals surface area contributed by atoms with E-state index in [0.717, 1.165) is 36.8 Å². The van der Waals surface area contributed by atoms with Crippen molar-refractivity contribution in [3.05, 3.63) is 59.7 Å². The minimum atomic E-state index is -3.84. The minimum absolute atomic E-state index is 0.0801. The van der Waals surface area contributed by atoms with Gasteiger partial charge in [0.25, 0.3) is 0 Å². The molecule has 1 unspecified atom stereocenters. The molecule has 7 heteroatoms. The first kappa shape index (κ1) is 20.9. The summed E-state index contributed by atoms with van der Waals surface area (Å²) in [5.41, 5.74) is 2.00. The van der Waals surface area contributed by atoms with Gasteiger partial charge in [0.1, 0.15) is 11.8 Å². The lowest BCUT2D eigenvalue weighted by molar-refractivity contribution is -0.135. The number of carbonyl (C=O) groups is 1. The molecule has 0 aromatic heterocycles. The van der Waals surface area contributed by atoms with Crippen LogP contribution in [0.2, 0.25) is 0 Å². The standard InChI is InChI=1S/C23H28N2O4S/c1-29-20-10-12-21(13-11-20)30(27,28)25-17-19-9-5-4-8-18(19)16-22(25)23(26)24-14-6-2-3-7-15-24/h4-5,8-13,22H,2-3,6-7,14-17H2,1H3. The number of likely N-dealkylation sites (tertiary alicyclic amines) is 1. The number of amides is 1. The zero-order chi connectivity index (χ0) is 21.1. The maximum atomic E-state index is 13.6. The van der Waals surface area contributed by atoms with Crippen LogP contribution in [0.3, 0.4) is 0 Å². The maximum absolute atomic E-state index is 13.6. The number of fused-ring (bicyclic) bond motifs is 1. The third-order valence-electron chi connectivity index (χ3n) is 6.07. The minimum Gasteiger partial charge on any atom is -0.497 e. The van der Waals surface area contributed by atoms with E-state index in [-0.39, 0.29) is 17.3 Å². The van der Waals surface area contributed by atoms with Crippen molar-refractivity contribution in [1.29, 1.82) is 0 Å². The third kappa shape index (κ3) is 4.09. The van der Waals surface area contributed by atoms with Crippen LogP contribution < -0.4 is 4.74 Å². The monoisotopic (exact) mass is 428 g/mol. The van der Waals surface area contributed by atoms with Gasteiger partial charge in [-0.2, -0.15) is 4.31 Å². The van der Waals surface area contributed by atoms with E-state index in [1.54, 1.807) is 31.4 Å². The molecule has 2 heterocycles. The van der Waals surface area contributed by atoms with E-state index in [1.807, 2.05) is 29.2 Å². The molecule has 1 atom stereocenters. The molecule has 0 N–H and O–H groups in total. The molecule has 1 amide bonds. The number of benzene rings is 2. The van der Waals surface area contributed by atoms with Gasteiger partial charge in [0, 0.05) is 19.6 Å². The summed E-state index contributed by atoms with van der Waals surface area (Å²) in [6.07, 6.45) is 4.58. The molecule has 1 saturated heterocycles. The van der Waals surface area contributed by atoms with Gasteiger partial charge < -0.3 is 9.64 Å². The quantitative estimate of drug-likeness (QED) is 0.750. The van der Waals surface area contributed by atoms with Crippen LogP contribution in [0.5, 0.6) is 5.75 Å². The van der Waals surface area contributed by atoms with Gasteiger partial charge in [-0.15, -0.1) is 0 Å². The first-order chi connectivity index (χ1) is 14.5. The number of nitrogens with zero attached hydrogens (tertiary/aromatic N) is 2. The molecule has 2 aromatic rings. The summed E-state index contributed by atoms with van der Waals surface area (Å²) in [5.74, 6) is 0.513. The van der Waals surface area contributed by atoms with Crippen LogP contribution in [0.4, 0.5) is 0 Å². The van der Waals surface area contributed by atoms with Gasteiger partial charge >= 0.3 is 0 Å². The number of methoxy groups -OCH3 is 1. The Balaban J connectivity index is 1.70. The summed E-state index contributed by atoms with van der Waals surface area (Å²) in [6.45, 7) is 1.61. The van der Waals surface area contributed by atoms with Crippen molar-refractivity contribution in [3.8, 4) is 5.75 Å². The highest BCUT2D eigenvalue weighted by Crippen LogP contribution is 2.31. The Morgan fingerprint density at radius 3 is 2.20 bits per heavy atom. The second-order valence-corrected chi connectivity index (χ2v) is 9.84. The van der Waals surface area contributed by atoms with E-state index >= 15 is 0 Å². The van der Waals surface area contributed by atoms with Gasteiger partial charge in [0.05, 0.1) is 12.0 Å². The molecule has 4 rings (SSSR count). The van der Waals surface area contributed by atoms with Crippen molar-refractivity contribution in [2.45, 2.75) is 49.6 Å². The van der Waals surface area contributed by atoms with Crippen molar-refractivity contribution in [3.63, 3.8) is 0 Å². The topological polar surface area (TPSA) is 66.9 Å². The second-order valence-electron chi connectivity index (χ2n) is 7.95. The SMILES string of the molecule is COc1ccc(S(=O)(=O)N2Cc3ccccc3CC2C(=O)N2CCCCCC2)cc1. The Labute approximate surface area is 178 Å². The average molecular weight is 429 g/mol. The van der Waals surface area contributed by atoms with Crippen molar-refractivity contribution in [2.75, 3.05) is 20.2 Å². The van der Waals surface area contributed by atoms with Crippen molar-refractivity contribution in [1.82, 2.24) is 9.21 Å².